The van der Waals surface area contributed by atoms with E-state index in [4.69, 9.17) is 10.2 Å². The molecule has 0 spiro atoms. The summed E-state index contributed by atoms with van der Waals surface area (Å²) in [6.07, 6.45) is 6.79. The third-order valence-electron chi connectivity index (χ3n) is 1.16. The second-order valence-electron chi connectivity index (χ2n) is 2.24. The molecule has 2 heteroatoms. The lowest BCUT2D eigenvalue weighted by Crippen LogP contribution is -2.19. The summed E-state index contributed by atoms with van der Waals surface area (Å²) in [4.78, 5) is 0. The number of allylic oxidation sites excluding steroid dienone is 4. The summed E-state index contributed by atoms with van der Waals surface area (Å²) in [7, 11) is 0. The quantitative estimate of drug-likeness (QED) is 0.594. The largest absolute Gasteiger partial charge is 0.390 e. The molecule has 0 saturated carbocycles. The number of hydrogen-bond donors (Lipinski definition) is 2. The molecule has 0 bridgehead atoms. The molecule has 62 valence electrons. The van der Waals surface area contributed by atoms with Crippen LogP contribution in [0.25, 0.3) is 0 Å². The lowest BCUT2D eigenvalue weighted by molar-refractivity contribution is 0.0619. The lowest BCUT2D eigenvalue weighted by Gasteiger charge is -2.06. The molecule has 0 fully saturated rings. The van der Waals surface area contributed by atoms with Gasteiger partial charge in [0.1, 0.15) is 0 Å². The highest BCUT2D eigenvalue weighted by Gasteiger charge is 2.03. The van der Waals surface area contributed by atoms with Gasteiger partial charge in [-0.05, 0) is 6.92 Å². The second-order valence-corrected chi connectivity index (χ2v) is 2.24. The summed E-state index contributed by atoms with van der Waals surface area (Å²) in [5, 5.41) is 17.9. The van der Waals surface area contributed by atoms with E-state index in [1.165, 1.54) is 13.0 Å². The molecule has 0 heterocycles. The average Bonchev–Trinajstić information content (AvgIpc) is 1.97. The number of rotatable bonds is 4. The first-order chi connectivity index (χ1) is 5.18. The molecule has 0 aliphatic heterocycles. The Hall–Kier alpha value is -0.860. The molecule has 0 aromatic heterocycles. The van der Waals surface area contributed by atoms with E-state index in [1.807, 2.05) is 0 Å². The van der Waals surface area contributed by atoms with Gasteiger partial charge in [0.2, 0.25) is 0 Å². The van der Waals surface area contributed by atoms with E-state index in [9.17, 15) is 0 Å². The van der Waals surface area contributed by atoms with Gasteiger partial charge in [0.15, 0.2) is 0 Å². The van der Waals surface area contributed by atoms with Crippen LogP contribution < -0.4 is 0 Å². The van der Waals surface area contributed by atoms with E-state index < -0.39 is 12.2 Å². The van der Waals surface area contributed by atoms with E-state index in [1.54, 1.807) is 24.3 Å². The normalized spacial score (nSPS) is 17.4. The van der Waals surface area contributed by atoms with Crippen LogP contribution in [0.1, 0.15) is 6.92 Å². The minimum atomic E-state index is -0.788. The molecule has 2 unspecified atom stereocenters. The van der Waals surface area contributed by atoms with Crippen LogP contribution in [-0.4, -0.2) is 22.4 Å². The number of aliphatic hydroxyl groups is 2. The van der Waals surface area contributed by atoms with Crippen LogP contribution in [-0.2, 0) is 0 Å². The van der Waals surface area contributed by atoms with Crippen molar-refractivity contribution in [3.8, 4) is 0 Å². The van der Waals surface area contributed by atoms with Gasteiger partial charge < -0.3 is 10.2 Å². The van der Waals surface area contributed by atoms with Gasteiger partial charge in [-0.25, -0.2) is 0 Å². The van der Waals surface area contributed by atoms with Crippen LogP contribution in [0.3, 0.4) is 0 Å². The van der Waals surface area contributed by atoms with Crippen molar-refractivity contribution in [3.63, 3.8) is 0 Å². The minimum Gasteiger partial charge on any atom is -0.390 e. The summed E-state index contributed by atoms with van der Waals surface area (Å²) < 4.78 is 0. The fourth-order valence-electron chi connectivity index (χ4n) is 0.482. The molecule has 0 aliphatic rings. The van der Waals surface area contributed by atoms with E-state index in [2.05, 4.69) is 6.58 Å². The van der Waals surface area contributed by atoms with E-state index >= 15 is 0 Å². The molecule has 2 atom stereocenters. The van der Waals surface area contributed by atoms with Gasteiger partial charge in [-0.1, -0.05) is 37.0 Å². The third kappa shape index (κ3) is 5.58. The maximum Gasteiger partial charge on any atom is 0.0980 e. The molecule has 0 aromatic rings. The van der Waals surface area contributed by atoms with Crippen molar-refractivity contribution in [2.75, 3.05) is 0 Å². The Bertz CT molecular complexity index is 157. The zero-order chi connectivity index (χ0) is 8.69. The monoisotopic (exact) mass is 154 g/mol. The zero-order valence-electron chi connectivity index (χ0n) is 6.64. The van der Waals surface area contributed by atoms with Gasteiger partial charge in [-0.2, -0.15) is 0 Å². The zero-order valence-corrected chi connectivity index (χ0v) is 6.64. The van der Waals surface area contributed by atoms with Gasteiger partial charge in [0, 0.05) is 0 Å². The van der Waals surface area contributed by atoms with E-state index in [0.717, 1.165) is 0 Å². The molecule has 0 amide bonds. The smallest absolute Gasteiger partial charge is 0.0980 e. The average molecular weight is 154 g/mol. The van der Waals surface area contributed by atoms with Crippen LogP contribution in [0, 0.1) is 0 Å². The topological polar surface area (TPSA) is 40.5 Å². The molecule has 0 aliphatic carbocycles. The van der Waals surface area contributed by atoms with E-state index in [-0.39, 0.29) is 0 Å². The highest BCUT2D eigenvalue weighted by molar-refractivity contribution is 5.10. The van der Waals surface area contributed by atoms with Crippen molar-refractivity contribution < 1.29 is 10.2 Å². The summed E-state index contributed by atoms with van der Waals surface area (Å²) >= 11 is 0. The van der Waals surface area contributed by atoms with Gasteiger partial charge in [-0.15, -0.1) is 0 Å². The highest BCUT2D eigenvalue weighted by Crippen LogP contribution is 1.93. The van der Waals surface area contributed by atoms with Crippen molar-refractivity contribution in [1.29, 1.82) is 0 Å². The number of hydrogen-bond acceptors (Lipinski definition) is 2. The van der Waals surface area contributed by atoms with Crippen molar-refractivity contribution in [2.45, 2.75) is 19.1 Å². The molecule has 0 saturated heterocycles. The van der Waals surface area contributed by atoms with Crippen LogP contribution in [0.5, 0.6) is 0 Å². The Morgan fingerprint density at radius 1 is 1.18 bits per heavy atom. The molecule has 2 N–H and O–H groups in total. The van der Waals surface area contributed by atoms with Crippen LogP contribution in [0.4, 0.5) is 0 Å². The van der Waals surface area contributed by atoms with Gasteiger partial charge in [-0.3, -0.25) is 0 Å². The Morgan fingerprint density at radius 3 is 2.27 bits per heavy atom. The van der Waals surface area contributed by atoms with Gasteiger partial charge in [0.05, 0.1) is 12.2 Å². The molecular formula is C9H14O2. The van der Waals surface area contributed by atoms with Gasteiger partial charge in [0.25, 0.3) is 0 Å². The highest BCUT2D eigenvalue weighted by atomic mass is 16.3. The number of aliphatic hydroxyl groups excluding tert-OH is 2. The first kappa shape index (κ1) is 10.1. The first-order valence-electron chi connectivity index (χ1n) is 3.50. The lowest BCUT2D eigenvalue weighted by atomic mass is 10.2. The molecule has 11 heavy (non-hydrogen) atoms. The molecule has 0 rings (SSSR count). The maximum absolute atomic E-state index is 9.03. The first-order valence-corrected chi connectivity index (χ1v) is 3.50. The molecule has 0 radical (unpaired) electrons. The SMILES string of the molecule is C=C/C=C/C=C/C(O)C(C)O. The second kappa shape index (κ2) is 5.89. The Kier molecular flexibility index (Phi) is 5.43. The molecular weight excluding hydrogens is 140 g/mol. The van der Waals surface area contributed by atoms with E-state index in [0.29, 0.717) is 0 Å². The Balaban J connectivity index is 3.73. The fraction of sp³-hybridized carbons (Fsp3) is 0.333. The van der Waals surface area contributed by atoms with Crippen molar-refractivity contribution in [1.82, 2.24) is 0 Å². The minimum absolute atomic E-state index is 0.719. The van der Waals surface area contributed by atoms with Crippen LogP contribution in [0.15, 0.2) is 37.0 Å². The van der Waals surface area contributed by atoms with Crippen molar-refractivity contribution in [3.05, 3.63) is 37.0 Å². The summed E-state index contributed by atoms with van der Waals surface area (Å²) in [5.74, 6) is 0. The van der Waals surface area contributed by atoms with Crippen LogP contribution in [0.2, 0.25) is 0 Å². The third-order valence-corrected chi connectivity index (χ3v) is 1.16. The molecule has 0 aromatic carbocycles. The predicted molar refractivity (Wildman–Crippen MR) is 46.2 cm³/mol. The van der Waals surface area contributed by atoms with Crippen molar-refractivity contribution in [2.24, 2.45) is 0 Å². The Morgan fingerprint density at radius 2 is 1.82 bits per heavy atom. The van der Waals surface area contributed by atoms with Crippen LogP contribution >= 0.6 is 0 Å². The van der Waals surface area contributed by atoms with Crippen molar-refractivity contribution >= 4 is 0 Å². The summed E-state index contributed by atoms with van der Waals surface area (Å²) in [6, 6.07) is 0. The Labute approximate surface area is 67.2 Å². The standard InChI is InChI=1S/C9H14O2/c1-3-4-5-6-7-9(11)8(2)10/h3-11H,1H2,2H3/b5-4+,7-6+. The molecule has 2 nitrogen and oxygen atoms in total. The van der Waals surface area contributed by atoms with Gasteiger partial charge >= 0.3 is 0 Å². The maximum atomic E-state index is 9.03. The fourth-order valence-corrected chi connectivity index (χ4v) is 0.482. The predicted octanol–water partition coefficient (Wildman–Crippen LogP) is 1.03. The summed E-state index contributed by atoms with van der Waals surface area (Å²) in [5.41, 5.74) is 0. The summed E-state index contributed by atoms with van der Waals surface area (Å²) in [6.45, 7) is 5.01.